The monoisotopic (exact) mass is 270 g/mol. The molecule has 0 amide bonds. The highest BCUT2D eigenvalue weighted by atomic mass is 79.9. The fraction of sp³-hybridized carbons (Fsp3) is 0.100. The molecule has 2 aromatic rings. The van der Waals surface area contributed by atoms with Crippen molar-refractivity contribution in [3.8, 4) is 11.3 Å². The normalized spacial score (nSPS) is 10.6. The van der Waals surface area contributed by atoms with E-state index in [4.69, 9.17) is 10.3 Å². The molecular weight excluding hydrogens is 263 g/mol. The molecule has 0 aliphatic heterocycles. The van der Waals surface area contributed by atoms with Gasteiger partial charge in [-0.1, -0.05) is 5.16 Å². The maximum Gasteiger partial charge on any atom is 0.225 e. The number of rotatable bonds is 1. The van der Waals surface area contributed by atoms with Gasteiger partial charge in [-0.05, 0) is 41.1 Å². The van der Waals surface area contributed by atoms with Gasteiger partial charge < -0.3 is 10.3 Å². The van der Waals surface area contributed by atoms with Crippen LogP contribution in [0.3, 0.4) is 0 Å². The quantitative estimate of drug-likeness (QED) is 0.866. The van der Waals surface area contributed by atoms with Gasteiger partial charge in [-0.15, -0.1) is 0 Å². The molecule has 0 aliphatic carbocycles. The lowest BCUT2D eigenvalue weighted by Crippen LogP contribution is -1.86. The molecule has 0 saturated carbocycles. The number of hydrogen-bond acceptors (Lipinski definition) is 3. The molecule has 0 radical (unpaired) electrons. The third kappa shape index (κ3) is 1.74. The fourth-order valence-electron chi connectivity index (χ4n) is 1.28. The first-order chi connectivity index (χ1) is 7.09. The lowest BCUT2D eigenvalue weighted by atomic mass is 10.1. The standard InChI is InChI=1S/C10H8BrFN2O/c1-5-9(14-15-10(5)13)7-3-2-6(12)4-8(7)11/h2-4H,13H2,1H3. The van der Waals surface area contributed by atoms with Crippen molar-refractivity contribution in [2.45, 2.75) is 6.92 Å². The summed E-state index contributed by atoms with van der Waals surface area (Å²) in [5.41, 5.74) is 7.67. The van der Waals surface area contributed by atoms with Gasteiger partial charge in [0, 0.05) is 15.6 Å². The Morgan fingerprint density at radius 1 is 1.47 bits per heavy atom. The number of nitrogen functional groups attached to an aromatic ring is 1. The Morgan fingerprint density at radius 3 is 2.73 bits per heavy atom. The highest BCUT2D eigenvalue weighted by Gasteiger charge is 2.13. The van der Waals surface area contributed by atoms with Crippen LogP contribution in [-0.4, -0.2) is 5.16 Å². The van der Waals surface area contributed by atoms with E-state index >= 15 is 0 Å². The van der Waals surface area contributed by atoms with Crippen LogP contribution in [0.4, 0.5) is 10.3 Å². The van der Waals surface area contributed by atoms with Crippen LogP contribution in [0.15, 0.2) is 27.2 Å². The van der Waals surface area contributed by atoms with E-state index in [-0.39, 0.29) is 11.7 Å². The largest absolute Gasteiger partial charge is 0.367 e. The van der Waals surface area contributed by atoms with E-state index in [9.17, 15) is 4.39 Å². The van der Waals surface area contributed by atoms with Crippen LogP contribution in [0.1, 0.15) is 5.56 Å². The minimum Gasteiger partial charge on any atom is -0.367 e. The molecule has 15 heavy (non-hydrogen) atoms. The number of nitrogens with two attached hydrogens (primary N) is 1. The molecule has 0 atom stereocenters. The Hall–Kier alpha value is -1.36. The van der Waals surface area contributed by atoms with Crippen molar-refractivity contribution in [1.82, 2.24) is 5.16 Å². The summed E-state index contributed by atoms with van der Waals surface area (Å²) >= 11 is 3.26. The van der Waals surface area contributed by atoms with Crippen molar-refractivity contribution in [2.24, 2.45) is 0 Å². The van der Waals surface area contributed by atoms with Crippen LogP contribution in [0, 0.1) is 12.7 Å². The Morgan fingerprint density at radius 2 is 2.20 bits per heavy atom. The molecule has 2 N–H and O–H groups in total. The molecule has 1 aromatic carbocycles. The van der Waals surface area contributed by atoms with Crippen molar-refractivity contribution in [1.29, 1.82) is 0 Å². The molecule has 1 heterocycles. The SMILES string of the molecule is Cc1c(-c2ccc(F)cc2Br)noc1N. The topological polar surface area (TPSA) is 52.0 Å². The highest BCUT2D eigenvalue weighted by Crippen LogP contribution is 2.32. The van der Waals surface area contributed by atoms with Crippen LogP contribution in [-0.2, 0) is 0 Å². The number of aromatic nitrogens is 1. The summed E-state index contributed by atoms with van der Waals surface area (Å²) in [6, 6.07) is 4.37. The third-order valence-electron chi connectivity index (χ3n) is 2.15. The van der Waals surface area contributed by atoms with Gasteiger partial charge in [0.05, 0.1) is 0 Å². The highest BCUT2D eigenvalue weighted by molar-refractivity contribution is 9.10. The van der Waals surface area contributed by atoms with Crippen LogP contribution < -0.4 is 5.73 Å². The van der Waals surface area contributed by atoms with Crippen molar-refractivity contribution in [3.63, 3.8) is 0 Å². The fourth-order valence-corrected chi connectivity index (χ4v) is 1.82. The zero-order valence-electron chi connectivity index (χ0n) is 7.92. The van der Waals surface area contributed by atoms with E-state index in [2.05, 4.69) is 21.1 Å². The number of halogens is 2. The molecule has 0 bridgehead atoms. The molecule has 1 aromatic heterocycles. The molecule has 2 rings (SSSR count). The molecule has 3 nitrogen and oxygen atoms in total. The van der Waals surface area contributed by atoms with Gasteiger partial charge in [0.2, 0.25) is 5.88 Å². The molecule has 5 heteroatoms. The van der Waals surface area contributed by atoms with Gasteiger partial charge in [0.15, 0.2) is 0 Å². The predicted molar refractivity (Wildman–Crippen MR) is 58.7 cm³/mol. The average Bonchev–Trinajstić information content (AvgIpc) is 2.49. The summed E-state index contributed by atoms with van der Waals surface area (Å²) in [4.78, 5) is 0. The molecule has 0 unspecified atom stereocenters. The van der Waals surface area contributed by atoms with E-state index in [0.29, 0.717) is 10.2 Å². The third-order valence-corrected chi connectivity index (χ3v) is 2.80. The summed E-state index contributed by atoms with van der Waals surface area (Å²) in [6.45, 7) is 1.80. The smallest absolute Gasteiger partial charge is 0.225 e. The molecule has 0 saturated heterocycles. The first-order valence-corrected chi connectivity index (χ1v) is 5.06. The maximum atomic E-state index is 12.9. The van der Waals surface area contributed by atoms with Crippen molar-refractivity contribution < 1.29 is 8.91 Å². The summed E-state index contributed by atoms with van der Waals surface area (Å²) in [7, 11) is 0. The van der Waals surface area contributed by atoms with Gasteiger partial charge in [-0.3, -0.25) is 0 Å². The lowest BCUT2D eigenvalue weighted by molar-refractivity contribution is 0.439. The Bertz CT molecular complexity index is 510. The van der Waals surface area contributed by atoms with Crippen LogP contribution in [0.5, 0.6) is 0 Å². The number of anilines is 1. The van der Waals surface area contributed by atoms with Gasteiger partial charge >= 0.3 is 0 Å². The molecule has 78 valence electrons. The van der Waals surface area contributed by atoms with Gasteiger partial charge in [-0.2, -0.15) is 0 Å². The van der Waals surface area contributed by atoms with Gasteiger partial charge in [0.1, 0.15) is 11.5 Å². The second kappa shape index (κ2) is 3.66. The average molecular weight is 271 g/mol. The van der Waals surface area contributed by atoms with E-state index in [1.165, 1.54) is 12.1 Å². The summed E-state index contributed by atoms with van der Waals surface area (Å²) in [6.07, 6.45) is 0. The molecule has 0 fully saturated rings. The second-order valence-electron chi connectivity index (χ2n) is 3.14. The Labute approximate surface area is 94.2 Å². The second-order valence-corrected chi connectivity index (χ2v) is 4.00. The van der Waals surface area contributed by atoms with E-state index < -0.39 is 0 Å². The van der Waals surface area contributed by atoms with Crippen LogP contribution in [0.2, 0.25) is 0 Å². The predicted octanol–water partition coefficient (Wildman–Crippen LogP) is 3.13. The molecule has 0 spiro atoms. The lowest BCUT2D eigenvalue weighted by Gasteiger charge is -2.01. The minimum atomic E-state index is -0.306. The molecular formula is C10H8BrFN2O. The number of hydrogen-bond donors (Lipinski definition) is 1. The summed E-state index contributed by atoms with van der Waals surface area (Å²) < 4.78 is 18.3. The van der Waals surface area contributed by atoms with Crippen molar-refractivity contribution >= 4 is 21.8 Å². The van der Waals surface area contributed by atoms with Gasteiger partial charge in [0.25, 0.3) is 0 Å². The van der Waals surface area contributed by atoms with Crippen molar-refractivity contribution in [2.75, 3.05) is 5.73 Å². The first-order valence-electron chi connectivity index (χ1n) is 4.26. The van der Waals surface area contributed by atoms with Crippen LogP contribution in [0.25, 0.3) is 11.3 Å². The maximum absolute atomic E-state index is 12.9. The zero-order valence-corrected chi connectivity index (χ0v) is 9.51. The Balaban J connectivity index is 2.59. The number of nitrogens with zero attached hydrogens (tertiary/aromatic N) is 1. The van der Waals surface area contributed by atoms with Crippen LogP contribution >= 0.6 is 15.9 Å². The summed E-state index contributed by atoms with van der Waals surface area (Å²) in [5.74, 6) is -0.0269. The summed E-state index contributed by atoms with van der Waals surface area (Å²) in [5, 5.41) is 3.82. The Kier molecular flexibility index (Phi) is 2.48. The van der Waals surface area contributed by atoms with E-state index in [1.54, 1.807) is 13.0 Å². The van der Waals surface area contributed by atoms with E-state index in [1.807, 2.05) is 0 Å². The zero-order chi connectivity index (χ0) is 11.0. The minimum absolute atomic E-state index is 0.279. The molecule has 0 aliphatic rings. The van der Waals surface area contributed by atoms with Crippen molar-refractivity contribution in [3.05, 3.63) is 34.1 Å². The number of benzene rings is 1. The first kappa shape index (κ1) is 10.2. The van der Waals surface area contributed by atoms with E-state index in [0.717, 1.165) is 11.1 Å². The van der Waals surface area contributed by atoms with Gasteiger partial charge in [-0.25, -0.2) is 4.39 Å².